The molecule has 2 aromatic carbocycles. The van der Waals surface area contributed by atoms with Crippen LogP contribution in [0.3, 0.4) is 0 Å². The first-order chi connectivity index (χ1) is 17.6. The second-order valence-electron chi connectivity index (χ2n) is 9.39. The van der Waals surface area contributed by atoms with E-state index in [4.69, 9.17) is 10.5 Å². The lowest BCUT2D eigenvalue weighted by Gasteiger charge is -2.28. The molecule has 0 spiro atoms. The second-order valence-corrected chi connectivity index (χ2v) is 9.39. The maximum atomic E-state index is 13.9. The number of imidazole rings is 1. The first kappa shape index (κ1) is 20.8. The molecule has 1 amide bonds. The Morgan fingerprint density at radius 2 is 1.89 bits per heavy atom. The number of benzene rings is 2. The molecule has 9 heteroatoms. The minimum atomic E-state index is -0.142. The Morgan fingerprint density at radius 1 is 1.06 bits per heavy atom. The van der Waals surface area contributed by atoms with Crippen LogP contribution in [0.1, 0.15) is 40.6 Å². The van der Waals surface area contributed by atoms with Gasteiger partial charge in [-0.15, -0.1) is 0 Å². The topological polar surface area (TPSA) is 112 Å². The fourth-order valence-corrected chi connectivity index (χ4v) is 5.02. The molecule has 36 heavy (non-hydrogen) atoms. The molecule has 1 atom stereocenters. The smallest absolute Gasteiger partial charge is 0.254 e. The molecule has 4 heterocycles. The van der Waals surface area contributed by atoms with Crippen LogP contribution in [0.4, 0.5) is 5.82 Å². The van der Waals surface area contributed by atoms with Gasteiger partial charge in [0, 0.05) is 35.1 Å². The third kappa shape index (κ3) is 3.27. The third-order valence-corrected chi connectivity index (χ3v) is 7.02. The van der Waals surface area contributed by atoms with E-state index in [1.54, 1.807) is 12.5 Å². The Morgan fingerprint density at radius 3 is 2.69 bits per heavy atom. The summed E-state index contributed by atoms with van der Waals surface area (Å²) in [6.45, 7) is 2.30. The molecular formula is C27H23N7O2. The summed E-state index contributed by atoms with van der Waals surface area (Å²) in [5.74, 6) is 1.93. The van der Waals surface area contributed by atoms with Gasteiger partial charge in [-0.05, 0) is 49.6 Å². The molecule has 0 saturated heterocycles. The first-order valence-corrected chi connectivity index (χ1v) is 12.0. The van der Waals surface area contributed by atoms with Gasteiger partial charge in [-0.3, -0.25) is 9.20 Å². The van der Waals surface area contributed by atoms with E-state index in [0.29, 0.717) is 18.0 Å². The van der Waals surface area contributed by atoms with Crippen LogP contribution >= 0.6 is 0 Å². The Kier molecular flexibility index (Phi) is 4.47. The van der Waals surface area contributed by atoms with Crippen molar-refractivity contribution in [1.29, 1.82) is 0 Å². The number of fused-ring (bicyclic) bond motifs is 4. The van der Waals surface area contributed by atoms with E-state index in [0.717, 1.165) is 57.7 Å². The maximum absolute atomic E-state index is 13.9. The number of carbonyl (C=O) groups excluding carboxylic acids is 1. The summed E-state index contributed by atoms with van der Waals surface area (Å²) in [6.07, 6.45) is 8.99. The molecule has 1 unspecified atom stereocenters. The van der Waals surface area contributed by atoms with E-state index in [9.17, 15) is 4.79 Å². The molecule has 5 aromatic rings. The van der Waals surface area contributed by atoms with E-state index < -0.39 is 0 Å². The number of nitrogens with zero attached hydrogens (tertiary/aromatic N) is 6. The summed E-state index contributed by atoms with van der Waals surface area (Å²) in [7, 11) is 0. The zero-order valence-electron chi connectivity index (χ0n) is 19.6. The van der Waals surface area contributed by atoms with Crippen molar-refractivity contribution in [2.75, 3.05) is 12.3 Å². The van der Waals surface area contributed by atoms with Crippen molar-refractivity contribution in [3.05, 3.63) is 78.3 Å². The average Bonchev–Trinajstić information content (AvgIpc) is 3.43. The lowest BCUT2D eigenvalue weighted by atomic mass is 10.0. The molecule has 1 aliphatic heterocycles. The summed E-state index contributed by atoms with van der Waals surface area (Å²) < 4.78 is 7.98. The van der Waals surface area contributed by atoms with E-state index in [1.807, 2.05) is 58.9 Å². The number of anilines is 1. The Hall–Kier alpha value is -4.53. The highest BCUT2D eigenvalue weighted by atomic mass is 16.5. The van der Waals surface area contributed by atoms with Crippen LogP contribution in [0.2, 0.25) is 0 Å². The van der Waals surface area contributed by atoms with Gasteiger partial charge in [-0.25, -0.2) is 19.9 Å². The number of carbonyl (C=O) groups is 1. The zero-order valence-corrected chi connectivity index (χ0v) is 19.6. The lowest BCUT2D eigenvalue weighted by Crippen LogP contribution is -2.37. The van der Waals surface area contributed by atoms with Gasteiger partial charge in [0.2, 0.25) is 0 Å². The van der Waals surface area contributed by atoms with E-state index >= 15 is 0 Å². The van der Waals surface area contributed by atoms with Gasteiger partial charge in [0.25, 0.3) is 5.91 Å². The van der Waals surface area contributed by atoms with E-state index in [2.05, 4.69) is 26.0 Å². The van der Waals surface area contributed by atoms with Gasteiger partial charge in [0.1, 0.15) is 29.5 Å². The molecular weight excluding hydrogens is 454 g/mol. The van der Waals surface area contributed by atoms with Crippen LogP contribution in [0.25, 0.3) is 27.7 Å². The predicted octanol–water partition coefficient (Wildman–Crippen LogP) is 3.97. The van der Waals surface area contributed by atoms with Crippen molar-refractivity contribution in [3.63, 3.8) is 0 Å². The number of hydrogen-bond donors (Lipinski definition) is 1. The van der Waals surface area contributed by atoms with Crippen molar-refractivity contribution < 1.29 is 9.53 Å². The average molecular weight is 478 g/mol. The molecule has 1 fully saturated rings. The molecule has 1 saturated carbocycles. The summed E-state index contributed by atoms with van der Waals surface area (Å²) in [6, 6.07) is 11.7. The fourth-order valence-electron chi connectivity index (χ4n) is 5.02. The van der Waals surface area contributed by atoms with Crippen LogP contribution in [0.15, 0.2) is 61.3 Å². The van der Waals surface area contributed by atoms with Crippen LogP contribution in [0.5, 0.6) is 5.75 Å². The SMILES string of the molecule is Cc1ncc(-c2ccc3c(c2)OCC3N(C(=O)c2ccc3nc(N)c4cncn4c3c2)C2CC2)cn1. The monoisotopic (exact) mass is 477 g/mol. The maximum Gasteiger partial charge on any atom is 0.254 e. The highest BCUT2D eigenvalue weighted by molar-refractivity contribution is 5.98. The highest BCUT2D eigenvalue weighted by Gasteiger charge is 2.42. The van der Waals surface area contributed by atoms with Crippen LogP contribution in [0, 0.1) is 6.92 Å². The molecule has 2 N–H and O–H groups in total. The molecule has 0 radical (unpaired) electrons. The number of nitrogens with two attached hydrogens (primary N) is 1. The van der Waals surface area contributed by atoms with Crippen molar-refractivity contribution in [2.45, 2.75) is 31.8 Å². The van der Waals surface area contributed by atoms with Gasteiger partial charge in [-0.1, -0.05) is 12.1 Å². The molecule has 2 aliphatic rings. The lowest BCUT2D eigenvalue weighted by molar-refractivity contribution is 0.0630. The summed E-state index contributed by atoms with van der Waals surface area (Å²) in [5, 5.41) is 0. The molecule has 3 aromatic heterocycles. The third-order valence-electron chi connectivity index (χ3n) is 7.02. The van der Waals surface area contributed by atoms with Gasteiger partial charge in [0.05, 0.1) is 29.6 Å². The summed E-state index contributed by atoms with van der Waals surface area (Å²) >= 11 is 0. The van der Waals surface area contributed by atoms with E-state index in [-0.39, 0.29) is 18.0 Å². The Bertz CT molecular complexity index is 1660. The summed E-state index contributed by atoms with van der Waals surface area (Å²) in [4.78, 5) is 33.2. The van der Waals surface area contributed by atoms with Crippen molar-refractivity contribution in [3.8, 4) is 16.9 Å². The number of ether oxygens (including phenoxy) is 1. The van der Waals surface area contributed by atoms with Crippen LogP contribution < -0.4 is 10.5 Å². The summed E-state index contributed by atoms with van der Waals surface area (Å²) in [5.41, 5.74) is 11.9. The molecule has 7 rings (SSSR count). The minimum absolute atomic E-state index is 0.0121. The number of nitrogen functional groups attached to an aromatic ring is 1. The fraction of sp³-hybridized carbons (Fsp3) is 0.222. The van der Waals surface area contributed by atoms with Crippen molar-refractivity contribution in [1.82, 2.24) is 29.2 Å². The zero-order chi connectivity index (χ0) is 24.4. The molecule has 0 bridgehead atoms. The van der Waals surface area contributed by atoms with Gasteiger partial charge in [-0.2, -0.15) is 0 Å². The van der Waals surface area contributed by atoms with Crippen molar-refractivity contribution >= 4 is 28.3 Å². The minimum Gasteiger partial charge on any atom is -0.491 e. The number of aromatic nitrogens is 5. The molecule has 9 nitrogen and oxygen atoms in total. The van der Waals surface area contributed by atoms with Gasteiger partial charge >= 0.3 is 0 Å². The normalized spacial score (nSPS) is 16.8. The predicted molar refractivity (Wildman–Crippen MR) is 135 cm³/mol. The molecule has 1 aliphatic carbocycles. The number of hydrogen-bond acceptors (Lipinski definition) is 7. The Balaban J connectivity index is 1.25. The van der Waals surface area contributed by atoms with Gasteiger partial charge in [0.15, 0.2) is 0 Å². The van der Waals surface area contributed by atoms with Crippen LogP contribution in [-0.2, 0) is 0 Å². The molecule has 178 valence electrons. The largest absolute Gasteiger partial charge is 0.491 e. The number of amides is 1. The van der Waals surface area contributed by atoms with Crippen molar-refractivity contribution in [2.24, 2.45) is 0 Å². The van der Waals surface area contributed by atoms with Crippen LogP contribution in [-0.4, -0.2) is 47.8 Å². The van der Waals surface area contributed by atoms with Gasteiger partial charge < -0.3 is 15.4 Å². The van der Waals surface area contributed by atoms with E-state index in [1.165, 1.54) is 0 Å². The number of rotatable bonds is 4. The Labute approximate surface area is 206 Å². The highest BCUT2D eigenvalue weighted by Crippen LogP contribution is 2.43. The quantitative estimate of drug-likeness (QED) is 0.417. The number of aryl methyl sites for hydroxylation is 1. The standard InChI is InChI=1S/C27H23N7O2/c1-15-30-10-18(11-31-15)16-2-6-20-24(13-36-25(20)9-16)34(19-4-5-19)27(35)17-3-7-21-22(8-17)33-14-29-12-23(33)26(28)32-21/h2-3,6-12,14,19,24H,4-5,13H2,1H3,(H2,28,32). The second kappa shape index (κ2) is 7.74. The first-order valence-electron chi connectivity index (χ1n) is 12.0.